The molecule has 0 aliphatic carbocycles. The molecule has 1 unspecified atom stereocenters. The zero-order valence-electron chi connectivity index (χ0n) is 11.3. The summed E-state index contributed by atoms with van der Waals surface area (Å²) in [5.41, 5.74) is 0. The molecular weight excluding hydrogens is 244 g/mol. The van der Waals surface area contributed by atoms with Crippen LogP contribution in [0, 0.1) is 0 Å². The monoisotopic (exact) mass is 266 g/mol. The van der Waals surface area contributed by atoms with E-state index >= 15 is 0 Å². The van der Waals surface area contributed by atoms with Crippen molar-refractivity contribution in [2.75, 3.05) is 26.2 Å². The van der Waals surface area contributed by atoms with E-state index in [2.05, 4.69) is 13.2 Å². The highest BCUT2D eigenvalue weighted by molar-refractivity contribution is 5.78. The molecule has 0 bridgehead atoms. The van der Waals surface area contributed by atoms with Gasteiger partial charge in [-0.25, -0.2) is 0 Å². The van der Waals surface area contributed by atoms with Gasteiger partial charge in [0.1, 0.15) is 0 Å². The van der Waals surface area contributed by atoms with Gasteiger partial charge in [0.05, 0.1) is 13.0 Å². The van der Waals surface area contributed by atoms with Gasteiger partial charge in [-0.3, -0.25) is 14.5 Å². The maximum atomic E-state index is 12.2. The molecule has 0 saturated carbocycles. The molecule has 1 fully saturated rings. The smallest absolute Gasteiger partial charge is 0.304 e. The third-order valence-corrected chi connectivity index (χ3v) is 3.30. The number of likely N-dealkylation sites (tertiary alicyclic amines) is 1. The Kier molecular flexibility index (Phi) is 6.29. The fourth-order valence-corrected chi connectivity index (χ4v) is 2.40. The number of aliphatic carboxylic acids is 1. The molecule has 1 N–H and O–H groups in total. The van der Waals surface area contributed by atoms with Gasteiger partial charge >= 0.3 is 5.97 Å². The van der Waals surface area contributed by atoms with Crippen molar-refractivity contribution < 1.29 is 14.7 Å². The van der Waals surface area contributed by atoms with Gasteiger partial charge in [0.25, 0.3) is 0 Å². The van der Waals surface area contributed by atoms with E-state index in [1.807, 2.05) is 4.90 Å². The van der Waals surface area contributed by atoms with Crippen LogP contribution in [0.4, 0.5) is 0 Å². The second-order valence-electron chi connectivity index (χ2n) is 4.74. The number of nitrogens with zero attached hydrogens (tertiary/aromatic N) is 2. The van der Waals surface area contributed by atoms with Crippen LogP contribution in [-0.2, 0) is 9.59 Å². The number of amides is 1. The molecule has 19 heavy (non-hydrogen) atoms. The molecule has 1 rings (SSSR count). The van der Waals surface area contributed by atoms with E-state index in [0.29, 0.717) is 13.1 Å². The molecule has 0 aromatic rings. The summed E-state index contributed by atoms with van der Waals surface area (Å²) in [5.74, 6) is -0.810. The maximum absolute atomic E-state index is 12.2. The van der Waals surface area contributed by atoms with Crippen molar-refractivity contribution in [3.05, 3.63) is 25.3 Å². The van der Waals surface area contributed by atoms with Crippen LogP contribution >= 0.6 is 0 Å². The number of carboxylic acids is 1. The topological polar surface area (TPSA) is 60.9 Å². The Morgan fingerprint density at radius 2 is 1.95 bits per heavy atom. The van der Waals surface area contributed by atoms with E-state index < -0.39 is 5.97 Å². The third kappa shape index (κ3) is 4.87. The SMILES string of the molecule is C=CCN(CC=C)C(=O)CN1CCCC1CC(=O)O. The summed E-state index contributed by atoms with van der Waals surface area (Å²) in [7, 11) is 0. The van der Waals surface area contributed by atoms with Crippen LogP contribution in [0.15, 0.2) is 25.3 Å². The minimum absolute atomic E-state index is 0.00270. The van der Waals surface area contributed by atoms with Crippen molar-refractivity contribution >= 4 is 11.9 Å². The van der Waals surface area contributed by atoms with Crippen molar-refractivity contribution in [3.8, 4) is 0 Å². The lowest BCUT2D eigenvalue weighted by Crippen LogP contribution is -2.42. The molecule has 5 nitrogen and oxygen atoms in total. The number of carboxylic acid groups (broad SMARTS) is 1. The molecule has 1 saturated heterocycles. The number of hydrogen-bond donors (Lipinski definition) is 1. The fraction of sp³-hybridized carbons (Fsp3) is 0.571. The molecule has 1 atom stereocenters. The van der Waals surface area contributed by atoms with Crippen LogP contribution in [0.25, 0.3) is 0 Å². The predicted molar refractivity (Wildman–Crippen MR) is 73.8 cm³/mol. The van der Waals surface area contributed by atoms with Gasteiger partial charge in [-0.1, -0.05) is 12.2 Å². The van der Waals surface area contributed by atoms with Crippen molar-refractivity contribution in [2.24, 2.45) is 0 Å². The normalized spacial score (nSPS) is 19.1. The minimum Gasteiger partial charge on any atom is -0.481 e. The Hall–Kier alpha value is -1.62. The molecule has 5 heteroatoms. The first-order chi connectivity index (χ1) is 9.08. The molecule has 1 aliphatic heterocycles. The van der Waals surface area contributed by atoms with E-state index in [4.69, 9.17) is 5.11 Å². The average molecular weight is 266 g/mol. The second-order valence-corrected chi connectivity index (χ2v) is 4.74. The summed E-state index contributed by atoms with van der Waals surface area (Å²) < 4.78 is 0. The molecule has 0 aromatic carbocycles. The van der Waals surface area contributed by atoms with Crippen LogP contribution in [0.2, 0.25) is 0 Å². The van der Waals surface area contributed by atoms with Crippen molar-refractivity contribution in [1.82, 2.24) is 9.80 Å². The van der Waals surface area contributed by atoms with Crippen LogP contribution in [-0.4, -0.2) is 59.0 Å². The van der Waals surface area contributed by atoms with E-state index in [-0.39, 0.29) is 24.9 Å². The van der Waals surface area contributed by atoms with Crippen LogP contribution in [0.1, 0.15) is 19.3 Å². The van der Waals surface area contributed by atoms with E-state index in [9.17, 15) is 9.59 Å². The van der Waals surface area contributed by atoms with Gasteiger partial charge in [-0.2, -0.15) is 0 Å². The first kappa shape index (κ1) is 15.4. The van der Waals surface area contributed by atoms with Crippen molar-refractivity contribution in [3.63, 3.8) is 0 Å². The molecule has 0 aromatic heterocycles. The summed E-state index contributed by atoms with van der Waals surface area (Å²) in [4.78, 5) is 26.6. The lowest BCUT2D eigenvalue weighted by atomic mass is 10.1. The lowest BCUT2D eigenvalue weighted by molar-refractivity contribution is -0.139. The molecule has 1 amide bonds. The summed E-state index contributed by atoms with van der Waals surface area (Å²) in [6, 6.07) is -0.0178. The third-order valence-electron chi connectivity index (χ3n) is 3.30. The first-order valence-electron chi connectivity index (χ1n) is 6.54. The average Bonchev–Trinajstić information content (AvgIpc) is 2.75. The molecular formula is C14H22N2O3. The largest absolute Gasteiger partial charge is 0.481 e. The summed E-state index contributed by atoms with van der Waals surface area (Å²) in [6.07, 6.45) is 5.27. The van der Waals surface area contributed by atoms with E-state index in [0.717, 1.165) is 19.4 Å². The highest BCUT2D eigenvalue weighted by Crippen LogP contribution is 2.19. The standard InChI is InChI=1S/C14H22N2O3/c1-3-7-15(8-4-2)13(17)11-16-9-5-6-12(16)10-14(18)19/h3-4,12H,1-2,5-11H2,(H,18,19). The summed E-state index contributed by atoms with van der Waals surface area (Å²) in [6.45, 7) is 9.31. The predicted octanol–water partition coefficient (Wildman–Crippen LogP) is 1.13. The zero-order valence-corrected chi connectivity index (χ0v) is 11.3. The van der Waals surface area contributed by atoms with Crippen molar-refractivity contribution in [1.29, 1.82) is 0 Å². The number of rotatable bonds is 8. The minimum atomic E-state index is -0.807. The van der Waals surface area contributed by atoms with Gasteiger partial charge in [0.2, 0.25) is 5.91 Å². The maximum Gasteiger partial charge on any atom is 0.304 e. The Morgan fingerprint density at radius 1 is 1.32 bits per heavy atom. The van der Waals surface area contributed by atoms with Gasteiger partial charge in [-0.05, 0) is 19.4 Å². The number of carbonyl (C=O) groups is 2. The summed E-state index contributed by atoms with van der Waals surface area (Å²) in [5, 5.41) is 8.85. The van der Waals surface area contributed by atoms with Crippen LogP contribution in [0.3, 0.4) is 0 Å². The fourth-order valence-electron chi connectivity index (χ4n) is 2.40. The number of carbonyl (C=O) groups excluding carboxylic acids is 1. The van der Waals surface area contributed by atoms with Crippen molar-refractivity contribution in [2.45, 2.75) is 25.3 Å². The highest BCUT2D eigenvalue weighted by atomic mass is 16.4. The molecule has 1 aliphatic rings. The molecule has 0 spiro atoms. The van der Waals surface area contributed by atoms with E-state index in [1.54, 1.807) is 17.1 Å². The summed E-state index contributed by atoms with van der Waals surface area (Å²) >= 11 is 0. The molecule has 1 heterocycles. The highest BCUT2D eigenvalue weighted by Gasteiger charge is 2.28. The number of hydrogen-bond acceptors (Lipinski definition) is 3. The quantitative estimate of drug-likeness (QED) is 0.669. The van der Waals surface area contributed by atoms with Gasteiger partial charge in [0.15, 0.2) is 0 Å². The zero-order chi connectivity index (χ0) is 14.3. The van der Waals surface area contributed by atoms with Crippen LogP contribution < -0.4 is 0 Å². The first-order valence-corrected chi connectivity index (χ1v) is 6.54. The Morgan fingerprint density at radius 3 is 2.47 bits per heavy atom. The van der Waals surface area contributed by atoms with Gasteiger partial charge in [-0.15, -0.1) is 13.2 Å². The Labute approximate surface area is 114 Å². The Balaban J connectivity index is 2.55. The van der Waals surface area contributed by atoms with Crippen LogP contribution in [0.5, 0.6) is 0 Å². The molecule has 106 valence electrons. The second kappa shape index (κ2) is 7.74. The van der Waals surface area contributed by atoms with Gasteiger partial charge in [0, 0.05) is 19.1 Å². The van der Waals surface area contributed by atoms with E-state index in [1.165, 1.54) is 0 Å². The Bertz CT molecular complexity index is 345. The molecule has 0 radical (unpaired) electrons. The van der Waals surface area contributed by atoms with Gasteiger partial charge < -0.3 is 10.0 Å². The lowest BCUT2D eigenvalue weighted by Gasteiger charge is -2.26.